The molecule has 1 aromatic rings. The Balaban J connectivity index is 2.52. The van der Waals surface area contributed by atoms with Gasteiger partial charge in [-0.3, -0.25) is 0 Å². The second kappa shape index (κ2) is 4.87. The zero-order valence-electron chi connectivity index (χ0n) is 10.7. The molecule has 0 saturated carbocycles. The average Bonchev–Trinajstić information content (AvgIpc) is 2.27. The van der Waals surface area contributed by atoms with Crippen LogP contribution in [0.15, 0.2) is 27.7 Å². The molecule has 21 heavy (non-hydrogen) atoms. The minimum atomic E-state index is -5.80. The summed E-state index contributed by atoms with van der Waals surface area (Å²) in [7, 11) is -5.80. The molecule has 1 aliphatic rings. The maximum atomic E-state index is 12.4. The lowest BCUT2D eigenvalue weighted by Gasteiger charge is -2.29. The Morgan fingerprint density at radius 2 is 1.95 bits per heavy atom. The van der Waals surface area contributed by atoms with E-state index in [9.17, 15) is 21.6 Å². The van der Waals surface area contributed by atoms with Gasteiger partial charge in [0.05, 0.1) is 5.56 Å². The number of aliphatic imine (C=N–C) groups is 1. The van der Waals surface area contributed by atoms with Gasteiger partial charge >= 0.3 is 15.6 Å². The van der Waals surface area contributed by atoms with E-state index in [1.165, 1.54) is 26.0 Å². The molecule has 2 rings (SSSR count). The maximum Gasteiger partial charge on any atom is 0.534 e. The summed E-state index contributed by atoms with van der Waals surface area (Å²) in [6, 6.07) is 4.42. The zero-order valence-corrected chi connectivity index (χ0v) is 13.1. The SMILES string of the molecule is CC1(C)N=C(OS(=O)(=O)C(F)(F)F)c2cc(Br)ccc2O1. The van der Waals surface area contributed by atoms with Crippen LogP contribution in [0.5, 0.6) is 5.75 Å². The molecule has 0 amide bonds. The lowest BCUT2D eigenvalue weighted by Crippen LogP contribution is -2.36. The molecule has 0 bridgehead atoms. The fourth-order valence-corrected chi connectivity index (χ4v) is 2.36. The second-order valence-electron chi connectivity index (χ2n) is 4.59. The number of halogens is 4. The highest BCUT2D eigenvalue weighted by molar-refractivity contribution is 9.10. The molecule has 116 valence electrons. The van der Waals surface area contributed by atoms with Crippen molar-refractivity contribution in [2.24, 2.45) is 4.99 Å². The highest BCUT2D eigenvalue weighted by Crippen LogP contribution is 2.35. The smallest absolute Gasteiger partial charge is 0.466 e. The normalized spacial score (nSPS) is 17.5. The van der Waals surface area contributed by atoms with Crippen LogP contribution >= 0.6 is 15.9 Å². The van der Waals surface area contributed by atoms with Crippen LogP contribution in [-0.2, 0) is 14.3 Å². The fraction of sp³-hybridized carbons (Fsp3) is 0.364. The number of alkyl halides is 3. The van der Waals surface area contributed by atoms with Gasteiger partial charge in [0.25, 0.3) is 0 Å². The Bertz CT molecular complexity index is 713. The number of benzene rings is 1. The molecule has 0 aromatic heterocycles. The third-order valence-corrected chi connectivity index (χ3v) is 3.81. The summed E-state index contributed by atoms with van der Waals surface area (Å²) in [5.41, 5.74) is -6.78. The molecular weight excluding hydrogens is 379 g/mol. The van der Waals surface area contributed by atoms with E-state index in [2.05, 4.69) is 25.1 Å². The van der Waals surface area contributed by atoms with Gasteiger partial charge in [-0.2, -0.15) is 21.6 Å². The Hall–Kier alpha value is -1.29. The Labute approximate surface area is 127 Å². The Kier molecular flexibility index (Phi) is 3.73. The van der Waals surface area contributed by atoms with Gasteiger partial charge in [-0.15, -0.1) is 0 Å². The number of fused-ring (bicyclic) bond motifs is 1. The molecule has 1 aromatic carbocycles. The van der Waals surface area contributed by atoms with E-state index in [1.54, 1.807) is 6.07 Å². The quantitative estimate of drug-likeness (QED) is 0.548. The molecule has 0 unspecified atom stereocenters. The van der Waals surface area contributed by atoms with E-state index in [0.29, 0.717) is 4.47 Å². The van der Waals surface area contributed by atoms with Crippen LogP contribution in [0.1, 0.15) is 19.4 Å². The molecule has 0 fully saturated rings. The van der Waals surface area contributed by atoms with Crippen molar-refractivity contribution < 1.29 is 30.5 Å². The number of hydrogen-bond acceptors (Lipinski definition) is 5. The van der Waals surface area contributed by atoms with E-state index in [1.807, 2.05) is 0 Å². The van der Waals surface area contributed by atoms with Gasteiger partial charge in [0.1, 0.15) is 5.75 Å². The maximum absolute atomic E-state index is 12.4. The molecule has 0 saturated heterocycles. The first kappa shape index (κ1) is 16.1. The van der Waals surface area contributed by atoms with Crippen molar-refractivity contribution >= 4 is 31.9 Å². The van der Waals surface area contributed by atoms with Crippen LogP contribution in [0, 0.1) is 0 Å². The van der Waals surface area contributed by atoms with Gasteiger partial charge in [0, 0.05) is 4.47 Å². The topological polar surface area (TPSA) is 65.0 Å². The number of ether oxygens (including phenoxy) is 1. The van der Waals surface area contributed by atoms with Crippen molar-refractivity contribution in [2.45, 2.75) is 25.1 Å². The lowest BCUT2D eigenvalue weighted by atomic mass is 10.1. The molecule has 0 atom stereocenters. The Morgan fingerprint density at radius 3 is 2.52 bits per heavy atom. The van der Waals surface area contributed by atoms with Crippen molar-refractivity contribution in [3.05, 3.63) is 28.2 Å². The molecule has 0 spiro atoms. The molecule has 0 aliphatic carbocycles. The first-order valence-electron chi connectivity index (χ1n) is 5.51. The first-order chi connectivity index (χ1) is 9.41. The molecule has 5 nitrogen and oxygen atoms in total. The van der Waals surface area contributed by atoms with Crippen molar-refractivity contribution in [1.29, 1.82) is 0 Å². The highest BCUT2D eigenvalue weighted by Gasteiger charge is 2.50. The van der Waals surface area contributed by atoms with Crippen LogP contribution in [0.3, 0.4) is 0 Å². The molecular formula is C11H9BrF3NO4S. The van der Waals surface area contributed by atoms with Crippen LogP contribution in [0.2, 0.25) is 0 Å². The van der Waals surface area contributed by atoms with Gasteiger partial charge in [0.15, 0.2) is 5.72 Å². The van der Waals surface area contributed by atoms with Crippen LogP contribution in [-0.4, -0.2) is 25.5 Å². The standard InChI is InChI=1S/C11H9BrF3NO4S/c1-10(2)16-9(20-21(17,18)11(13,14)15)7-5-6(12)3-4-8(7)19-10/h3-5H,1-2H3. The van der Waals surface area contributed by atoms with Crippen molar-refractivity contribution in [2.75, 3.05) is 0 Å². The van der Waals surface area contributed by atoms with Crippen LogP contribution in [0.25, 0.3) is 0 Å². The average molecular weight is 388 g/mol. The summed E-state index contributed by atoms with van der Waals surface area (Å²) >= 11 is 3.13. The van der Waals surface area contributed by atoms with Crippen molar-refractivity contribution in [3.63, 3.8) is 0 Å². The molecule has 10 heteroatoms. The summed E-state index contributed by atoms with van der Waals surface area (Å²) < 4.78 is 69.7. The summed E-state index contributed by atoms with van der Waals surface area (Å²) in [4.78, 5) is 3.77. The van der Waals surface area contributed by atoms with Crippen LogP contribution in [0.4, 0.5) is 13.2 Å². The largest absolute Gasteiger partial charge is 0.534 e. The summed E-state index contributed by atoms with van der Waals surface area (Å²) in [5.74, 6) is -0.495. The monoisotopic (exact) mass is 387 g/mol. The number of nitrogens with zero attached hydrogens (tertiary/aromatic N) is 1. The van der Waals surface area contributed by atoms with Gasteiger partial charge in [-0.25, -0.2) is 4.99 Å². The van der Waals surface area contributed by atoms with E-state index in [-0.39, 0.29) is 11.3 Å². The van der Waals surface area contributed by atoms with Gasteiger partial charge in [-0.05, 0) is 32.0 Å². The summed E-state index contributed by atoms with van der Waals surface area (Å²) in [6.45, 7) is 2.92. The van der Waals surface area contributed by atoms with E-state index in [4.69, 9.17) is 4.74 Å². The van der Waals surface area contributed by atoms with Crippen molar-refractivity contribution in [3.8, 4) is 5.75 Å². The third-order valence-electron chi connectivity index (χ3n) is 2.37. The number of hydrogen-bond donors (Lipinski definition) is 0. The van der Waals surface area contributed by atoms with Gasteiger partial charge in [0.2, 0.25) is 5.90 Å². The predicted molar refractivity (Wildman–Crippen MR) is 71.4 cm³/mol. The summed E-state index contributed by atoms with van der Waals surface area (Å²) in [5, 5.41) is 0. The minimum Gasteiger partial charge on any atom is -0.466 e. The van der Waals surface area contributed by atoms with E-state index >= 15 is 0 Å². The van der Waals surface area contributed by atoms with E-state index < -0.39 is 27.2 Å². The lowest BCUT2D eigenvalue weighted by molar-refractivity contribution is -0.0506. The van der Waals surface area contributed by atoms with Crippen molar-refractivity contribution in [1.82, 2.24) is 0 Å². The van der Waals surface area contributed by atoms with E-state index in [0.717, 1.165) is 0 Å². The molecule has 0 radical (unpaired) electrons. The fourth-order valence-electron chi connectivity index (χ4n) is 1.57. The van der Waals surface area contributed by atoms with Gasteiger partial charge < -0.3 is 8.92 Å². The third kappa shape index (κ3) is 3.31. The Morgan fingerprint density at radius 1 is 1.33 bits per heavy atom. The van der Waals surface area contributed by atoms with Gasteiger partial charge in [-0.1, -0.05) is 15.9 Å². The molecule has 1 heterocycles. The highest BCUT2D eigenvalue weighted by atomic mass is 79.9. The minimum absolute atomic E-state index is 0.0107. The first-order valence-corrected chi connectivity index (χ1v) is 7.71. The number of rotatable bonds is 1. The zero-order chi connectivity index (χ0) is 16.1. The molecule has 0 N–H and O–H groups in total. The summed E-state index contributed by atoms with van der Waals surface area (Å²) in [6.07, 6.45) is 0. The predicted octanol–water partition coefficient (Wildman–Crippen LogP) is 3.19. The van der Waals surface area contributed by atoms with Crippen LogP contribution < -0.4 is 4.74 Å². The molecule has 1 aliphatic heterocycles. The second-order valence-corrected chi connectivity index (χ2v) is 7.04.